The van der Waals surface area contributed by atoms with Crippen LogP contribution in [-0.2, 0) is 0 Å². The van der Waals surface area contributed by atoms with E-state index in [-0.39, 0.29) is 5.91 Å². The van der Waals surface area contributed by atoms with Gasteiger partial charge in [-0.1, -0.05) is 28.1 Å². The first-order chi connectivity index (χ1) is 10.1. The van der Waals surface area contributed by atoms with Crippen molar-refractivity contribution in [3.8, 4) is 0 Å². The number of hydrogen-bond donors (Lipinski definition) is 1. The summed E-state index contributed by atoms with van der Waals surface area (Å²) >= 11 is 3.46. The average molecular weight is 347 g/mol. The van der Waals surface area contributed by atoms with Crippen LogP contribution in [0.4, 0.5) is 0 Å². The van der Waals surface area contributed by atoms with Crippen LogP contribution in [0.3, 0.4) is 0 Å². The van der Waals surface area contributed by atoms with Crippen LogP contribution < -0.4 is 5.32 Å². The maximum absolute atomic E-state index is 12.2. The summed E-state index contributed by atoms with van der Waals surface area (Å²) in [6.45, 7) is 1.61. The van der Waals surface area contributed by atoms with Gasteiger partial charge < -0.3 is 10.2 Å². The number of hydrogen-bond acceptors (Lipinski definition) is 2. The van der Waals surface area contributed by atoms with E-state index in [9.17, 15) is 4.79 Å². The molecule has 21 heavy (non-hydrogen) atoms. The summed E-state index contributed by atoms with van der Waals surface area (Å²) < 4.78 is 1.05. The van der Waals surface area contributed by atoms with E-state index in [1.54, 1.807) is 0 Å². The second-order valence-corrected chi connectivity index (χ2v) is 6.59. The van der Waals surface area contributed by atoms with Gasteiger partial charge in [0.25, 0.3) is 5.91 Å². The molecule has 0 saturated heterocycles. The topological polar surface area (TPSA) is 32.3 Å². The highest BCUT2D eigenvalue weighted by Gasteiger charge is 2.25. The molecule has 0 aliphatic heterocycles. The number of carbonyl (C=O) groups excluding carboxylic acids is 1. The van der Waals surface area contributed by atoms with E-state index >= 15 is 0 Å². The zero-order valence-corrected chi connectivity index (χ0v) is 13.7. The monoisotopic (exact) mass is 346 g/mol. The summed E-state index contributed by atoms with van der Waals surface area (Å²) in [6, 6.07) is 12.6. The third-order valence-corrected chi connectivity index (χ3v) is 4.48. The molecule has 1 aliphatic carbocycles. The number of nitrogens with one attached hydrogen (secondary N) is 1. The zero-order chi connectivity index (χ0) is 14.8. The Kier molecular flexibility index (Phi) is 4.27. The van der Waals surface area contributed by atoms with Crippen LogP contribution in [-0.4, -0.2) is 37.0 Å². The minimum absolute atomic E-state index is 0.00372. The second kappa shape index (κ2) is 6.16. The normalized spacial score (nSPS) is 14.6. The van der Waals surface area contributed by atoms with Crippen molar-refractivity contribution in [1.82, 2.24) is 10.2 Å². The fraction of sp³-hybridized carbons (Fsp3) is 0.353. The molecule has 0 spiro atoms. The van der Waals surface area contributed by atoms with Crippen molar-refractivity contribution in [3.63, 3.8) is 0 Å². The van der Waals surface area contributed by atoms with Gasteiger partial charge in [-0.05, 0) is 54.9 Å². The van der Waals surface area contributed by atoms with Crippen LogP contribution in [0.15, 0.2) is 40.9 Å². The molecule has 3 rings (SSSR count). The van der Waals surface area contributed by atoms with Gasteiger partial charge in [0, 0.05) is 29.2 Å². The lowest BCUT2D eigenvalue weighted by Gasteiger charge is -2.15. The predicted octanol–water partition coefficient (Wildman–Crippen LogP) is 3.43. The highest BCUT2D eigenvalue weighted by molar-refractivity contribution is 9.10. The first kappa shape index (κ1) is 14.5. The number of benzene rings is 2. The lowest BCUT2D eigenvalue weighted by atomic mass is 10.1. The Hall–Kier alpha value is -1.39. The maximum atomic E-state index is 12.2. The second-order valence-electron chi connectivity index (χ2n) is 5.67. The van der Waals surface area contributed by atoms with Gasteiger partial charge in [-0.3, -0.25) is 4.79 Å². The van der Waals surface area contributed by atoms with Gasteiger partial charge in [0.1, 0.15) is 0 Å². The number of carbonyl (C=O) groups is 1. The molecule has 3 nitrogen and oxygen atoms in total. The SMILES string of the molecule is CN(CCNC(=O)c1ccc2cc(Br)ccc2c1)C1CC1. The molecule has 1 saturated carbocycles. The van der Waals surface area contributed by atoms with Crippen LogP contribution >= 0.6 is 15.9 Å². The molecule has 1 N–H and O–H groups in total. The summed E-state index contributed by atoms with van der Waals surface area (Å²) in [5.41, 5.74) is 0.721. The Morgan fingerprint density at radius 1 is 1.24 bits per heavy atom. The summed E-state index contributed by atoms with van der Waals surface area (Å²) in [6.07, 6.45) is 2.59. The minimum atomic E-state index is 0.00372. The van der Waals surface area contributed by atoms with Crippen LogP contribution in [0.2, 0.25) is 0 Å². The highest BCUT2D eigenvalue weighted by atomic mass is 79.9. The molecule has 110 valence electrons. The predicted molar refractivity (Wildman–Crippen MR) is 89.6 cm³/mol. The first-order valence-electron chi connectivity index (χ1n) is 7.31. The van der Waals surface area contributed by atoms with E-state index in [2.05, 4.69) is 39.3 Å². The lowest BCUT2D eigenvalue weighted by molar-refractivity contribution is 0.0949. The van der Waals surface area contributed by atoms with Crippen LogP contribution in [0, 0.1) is 0 Å². The molecule has 2 aromatic carbocycles. The molecule has 2 aromatic rings. The molecular weight excluding hydrogens is 328 g/mol. The molecule has 1 amide bonds. The third-order valence-electron chi connectivity index (χ3n) is 3.98. The van der Waals surface area contributed by atoms with E-state index in [4.69, 9.17) is 0 Å². The van der Waals surface area contributed by atoms with Gasteiger partial charge in [0.2, 0.25) is 0 Å². The van der Waals surface area contributed by atoms with E-state index < -0.39 is 0 Å². The van der Waals surface area contributed by atoms with Crippen LogP contribution in [0.25, 0.3) is 10.8 Å². The molecule has 1 fully saturated rings. The Labute approximate surface area is 133 Å². The van der Waals surface area contributed by atoms with Crippen molar-refractivity contribution in [3.05, 3.63) is 46.4 Å². The fourth-order valence-electron chi connectivity index (χ4n) is 2.50. The Balaban J connectivity index is 1.62. The van der Waals surface area contributed by atoms with E-state index in [0.717, 1.165) is 33.4 Å². The molecule has 0 radical (unpaired) electrons. The van der Waals surface area contributed by atoms with Crippen molar-refractivity contribution in [2.75, 3.05) is 20.1 Å². The smallest absolute Gasteiger partial charge is 0.251 e. The minimum Gasteiger partial charge on any atom is -0.351 e. The molecule has 1 aliphatic rings. The molecule has 0 atom stereocenters. The number of rotatable bonds is 5. The quantitative estimate of drug-likeness (QED) is 0.899. The van der Waals surface area contributed by atoms with Crippen molar-refractivity contribution in [2.24, 2.45) is 0 Å². The lowest BCUT2D eigenvalue weighted by Crippen LogP contribution is -2.33. The third kappa shape index (κ3) is 3.63. The summed E-state index contributed by atoms with van der Waals surface area (Å²) in [5, 5.41) is 5.22. The number of amides is 1. The van der Waals surface area contributed by atoms with Gasteiger partial charge in [0.05, 0.1) is 0 Å². The van der Waals surface area contributed by atoms with Crippen LogP contribution in [0.1, 0.15) is 23.2 Å². The summed E-state index contributed by atoms with van der Waals surface area (Å²) in [4.78, 5) is 14.5. The van der Waals surface area contributed by atoms with E-state index in [1.165, 1.54) is 12.8 Å². The highest BCUT2D eigenvalue weighted by Crippen LogP contribution is 2.24. The molecule has 0 unspecified atom stereocenters. The molecule has 0 aromatic heterocycles. The Morgan fingerprint density at radius 3 is 2.71 bits per heavy atom. The Bertz CT molecular complexity index is 667. The maximum Gasteiger partial charge on any atom is 0.251 e. The van der Waals surface area contributed by atoms with Gasteiger partial charge in [-0.25, -0.2) is 0 Å². The van der Waals surface area contributed by atoms with E-state index in [0.29, 0.717) is 6.54 Å². The first-order valence-corrected chi connectivity index (χ1v) is 8.10. The Morgan fingerprint density at radius 2 is 1.95 bits per heavy atom. The van der Waals surface area contributed by atoms with Crippen molar-refractivity contribution in [2.45, 2.75) is 18.9 Å². The molecular formula is C17H19BrN2O. The fourth-order valence-corrected chi connectivity index (χ4v) is 2.88. The number of fused-ring (bicyclic) bond motifs is 1. The number of likely N-dealkylation sites (N-methyl/N-ethyl adjacent to an activating group) is 1. The van der Waals surface area contributed by atoms with Crippen molar-refractivity contribution in [1.29, 1.82) is 0 Å². The van der Waals surface area contributed by atoms with Gasteiger partial charge in [-0.2, -0.15) is 0 Å². The summed E-state index contributed by atoms with van der Waals surface area (Å²) in [5.74, 6) is 0.00372. The largest absolute Gasteiger partial charge is 0.351 e. The van der Waals surface area contributed by atoms with Gasteiger partial charge >= 0.3 is 0 Å². The van der Waals surface area contributed by atoms with E-state index in [1.807, 2.05) is 30.3 Å². The average Bonchev–Trinajstić information content (AvgIpc) is 3.31. The zero-order valence-electron chi connectivity index (χ0n) is 12.1. The van der Waals surface area contributed by atoms with Gasteiger partial charge in [0.15, 0.2) is 0 Å². The summed E-state index contributed by atoms with van der Waals surface area (Å²) in [7, 11) is 2.12. The van der Waals surface area contributed by atoms with Crippen LogP contribution in [0.5, 0.6) is 0 Å². The molecule has 0 bridgehead atoms. The standard InChI is InChI=1S/C17H19BrN2O/c1-20(16-6-7-16)9-8-19-17(21)14-3-2-13-11-15(18)5-4-12(13)10-14/h2-5,10-11,16H,6-9H2,1H3,(H,19,21). The van der Waals surface area contributed by atoms with Gasteiger partial charge in [-0.15, -0.1) is 0 Å². The van der Waals surface area contributed by atoms with Crippen molar-refractivity contribution >= 4 is 32.6 Å². The molecule has 0 heterocycles. The number of nitrogens with zero attached hydrogens (tertiary/aromatic N) is 1. The molecule has 4 heteroatoms. The van der Waals surface area contributed by atoms with Crippen molar-refractivity contribution < 1.29 is 4.79 Å². The number of halogens is 1.